The lowest BCUT2D eigenvalue weighted by Gasteiger charge is -2.09. The highest BCUT2D eigenvalue weighted by Crippen LogP contribution is 2.31. The fourth-order valence-electron chi connectivity index (χ4n) is 1.12. The largest absolute Gasteiger partial charge is 0.496 e. The molecule has 0 spiro atoms. The Morgan fingerprint density at radius 1 is 1.77 bits per heavy atom. The number of ether oxygens (including phenoxy) is 1. The summed E-state index contributed by atoms with van der Waals surface area (Å²) in [6.45, 7) is 0. The third-order valence-electron chi connectivity index (χ3n) is 1.81. The number of terminal acetylenes is 1. The van der Waals surface area contributed by atoms with Gasteiger partial charge in [-0.25, -0.2) is 0 Å². The number of thiophene rings is 1. The molecule has 2 nitrogen and oxygen atoms in total. The molecule has 70 valence electrons. The van der Waals surface area contributed by atoms with Crippen LogP contribution in [0.5, 0.6) is 5.75 Å². The first-order valence-electron chi connectivity index (χ1n) is 4.10. The SMILES string of the molecule is C#CCCC(N)c1sccc1OC. The summed E-state index contributed by atoms with van der Waals surface area (Å²) in [5.74, 6) is 3.45. The average Bonchev–Trinajstić information content (AvgIpc) is 2.61. The van der Waals surface area contributed by atoms with Crippen molar-refractivity contribution in [2.45, 2.75) is 18.9 Å². The second-order valence-corrected chi connectivity index (χ2v) is 3.65. The number of rotatable bonds is 4. The monoisotopic (exact) mass is 195 g/mol. The smallest absolute Gasteiger partial charge is 0.134 e. The molecule has 0 saturated heterocycles. The minimum Gasteiger partial charge on any atom is -0.496 e. The minimum absolute atomic E-state index is 0.00556. The maximum Gasteiger partial charge on any atom is 0.134 e. The van der Waals surface area contributed by atoms with E-state index in [0.29, 0.717) is 6.42 Å². The molecule has 1 aromatic heterocycles. The van der Waals surface area contributed by atoms with Crippen molar-refractivity contribution in [3.8, 4) is 18.1 Å². The molecule has 1 atom stereocenters. The lowest BCUT2D eigenvalue weighted by atomic mass is 10.1. The van der Waals surface area contributed by atoms with Crippen LogP contribution in [0, 0.1) is 12.3 Å². The first-order chi connectivity index (χ1) is 6.29. The van der Waals surface area contributed by atoms with Crippen LogP contribution < -0.4 is 10.5 Å². The van der Waals surface area contributed by atoms with Gasteiger partial charge in [0, 0.05) is 12.5 Å². The van der Waals surface area contributed by atoms with Crippen molar-refractivity contribution in [2.75, 3.05) is 7.11 Å². The van der Waals surface area contributed by atoms with Crippen molar-refractivity contribution >= 4 is 11.3 Å². The van der Waals surface area contributed by atoms with Gasteiger partial charge >= 0.3 is 0 Å². The van der Waals surface area contributed by atoms with Gasteiger partial charge in [-0.1, -0.05) is 0 Å². The van der Waals surface area contributed by atoms with E-state index in [-0.39, 0.29) is 6.04 Å². The highest BCUT2D eigenvalue weighted by molar-refractivity contribution is 7.10. The van der Waals surface area contributed by atoms with E-state index in [0.717, 1.165) is 17.0 Å². The normalized spacial score (nSPS) is 12.1. The van der Waals surface area contributed by atoms with Crippen LogP contribution in [0.15, 0.2) is 11.4 Å². The number of nitrogens with two attached hydrogens (primary N) is 1. The molecule has 0 amide bonds. The molecular weight excluding hydrogens is 182 g/mol. The first kappa shape index (κ1) is 10.1. The van der Waals surface area contributed by atoms with E-state index in [2.05, 4.69) is 5.92 Å². The van der Waals surface area contributed by atoms with E-state index >= 15 is 0 Å². The molecule has 0 aliphatic carbocycles. The van der Waals surface area contributed by atoms with Crippen molar-refractivity contribution in [3.05, 3.63) is 16.3 Å². The molecule has 0 fully saturated rings. The molecule has 1 aromatic rings. The Morgan fingerprint density at radius 2 is 2.54 bits per heavy atom. The van der Waals surface area contributed by atoms with Crippen molar-refractivity contribution in [2.24, 2.45) is 5.73 Å². The van der Waals surface area contributed by atoms with Gasteiger partial charge in [-0.15, -0.1) is 23.7 Å². The summed E-state index contributed by atoms with van der Waals surface area (Å²) in [7, 11) is 1.65. The molecule has 1 rings (SSSR count). The fourth-order valence-corrected chi connectivity index (χ4v) is 2.02. The molecular formula is C10H13NOS. The molecule has 1 unspecified atom stereocenters. The molecule has 0 aliphatic heterocycles. The summed E-state index contributed by atoms with van der Waals surface area (Å²) in [4.78, 5) is 1.08. The lowest BCUT2D eigenvalue weighted by molar-refractivity contribution is 0.408. The third-order valence-corrected chi connectivity index (χ3v) is 2.84. The predicted octanol–water partition coefficient (Wildman–Crippen LogP) is 2.17. The first-order valence-corrected chi connectivity index (χ1v) is 4.98. The van der Waals surface area contributed by atoms with Gasteiger partial charge < -0.3 is 10.5 Å². The number of methoxy groups -OCH3 is 1. The zero-order valence-electron chi connectivity index (χ0n) is 7.62. The Balaban J connectivity index is 2.65. The summed E-state index contributed by atoms with van der Waals surface area (Å²) < 4.78 is 5.17. The van der Waals surface area contributed by atoms with Crippen molar-refractivity contribution < 1.29 is 4.74 Å². The second-order valence-electron chi connectivity index (χ2n) is 2.70. The van der Waals surface area contributed by atoms with E-state index in [1.54, 1.807) is 18.4 Å². The van der Waals surface area contributed by atoms with Crippen molar-refractivity contribution in [1.82, 2.24) is 0 Å². The standard InChI is InChI=1S/C10H13NOS/c1-3-4-5-8(11)10-9(12-2)6-7-13-10/h1,6-8H,4-5,11H2,2H3. The molecule has 0 aliphatic rings. The lowest BCUT2D eigenvalue weighted by Crippen LogP contribution is -2.09. The van der Waals surface area contributed by atoms with Gasteiger partial charge in [-0.3, -0.25) is 0 Å². The zero-order valence-corrected chi connectivity index (χ0v) is 8.43. The molecule has 0 radical (unpaired) electrons. The van der Waals surface area contributed by atoms with E-state index < -0.39 is 0 Å². The van der Waals surface area contributed by atoms with E-state index in [1.165, 1.54) is 0 Å². The Labute approximate surface area is 82.7 Å². The topological polar surface area (TPSA) is 35.2 Å². The van der Waals surface area contributed by atoms with Gasteiger partial charge in [-0.05, 0) is 17.9 Å². The third kappa shape index (κ3) is 2.48. The predicted molar refractivity (Wildman–Crippen MR) is 55.9 cm³/mol. The van der Waals surface area contributed by atoms with Crippen molar-refractivity contribution in [3.63, 3.8) is 0 Å². The van der Waals surface area contributed by atoms with Crippen LogP contribution in [0.3, 0.4) is 0 Å². The Morgan fingerprint density at radius 3 is 3.15 bits per heavy atom. The molecule has 0 aromatic carbocycles. The van der Waals surface area contributed by atoms with Crippen LogP contribution in [0.1, 0.15) is 23.8 Å². The summed E-state index contributed by atoms with van der Waals surface area (Å²) in [5.41, 5.74) is 5.94. The Bertz CT molecular complexity index is 300. The highest BCUT2D eigenvalue weighted by Gasteiger charge is 2.12. The van der Waals surface area contributed by atoms with Crippen molar-refractivity contribution in [1.29, 1.82) is 0 Å². The van der Waals surface area contributed by atoms with Crippen LogP contribution in [-0.2, 0) is 0 Å². The molecule has 0 bridgehead atoms. The van der Waals surface area contributed by atoms with Gasteiger partial charge in [-0.2, -0.15) is 0 Å². The van der Waals surface area contributed by atoms with E-state index in [1.807, 2.05) is 11.4 Å². The Kier molecular flexibility index (Phi) is 3.81. The van der Waals surface area contributed by atoms with Gasteiger partial charge in [0.2, 0.25) is 0 Å². The second kappa shape index (κ2) is 4.90. The molecule has 2 N–H and O–H groups in total. The number of hydrogen-bond donors (Lipinski definition) is 1. The average molecular weight is 195 g/mol. The zero-order chi connectivity index (χ0) is 9.68. The summed E-state index contributed by atoms with van der Waals surface area (Å²) in [5, 5.41) is 1.98. The van der Waals surface area contributed by atoms with Gasteiger partial charge in [0.15, 0.2) is 0 Å². The van der Waals surface area contributed by atoms with Crippen LogP contribution in [0.2, 0.25) is 0 Å². The molecule has 1 heterocycles. The van der Waals surface area contributed by atoms with E-state index in [4.69, 9.17) is 16.9 Å². The quantitative estimate of drug-likeness (QED) is 0.747. The minimum atomic E-state index is 0.00556. The van der Waals surface area contributed by atoms with Crippen LogP contribution in [0.4, 0.5) is 0 Å². The summed E-state index contributed by atoms with van der Waals surface area (Å²) in [6.07, 6.45) is 6.69. The maximum absolute atomic E-state index is 5.94. The summed E-state index contributed by atoms with van der Waals surface area (Å²) in [6, 6.07) is 1.93. The molecule has 0 saturated carbocycles. The van der Waals surface area contributed by atoms with E-state index in [9.17, 15) is 0 Å². The van der Waals surface area contributed by atoms with Gasteiger partial charge in [0.05, 0.1) is 12.0 Å². The highest BCUT2D eigenvalue weighted by atomic mass is 32.1. The van der Waals surface area contributed by atoms with Gasteiger partial charge in [0.1, 0.15) is 5.75 Å². The van der Waals surface area contributed by atoms with Crippen LogP contribution >= 0.6 is 11.3 Å². The van der Waals surface area contributed by atoms with Crippen LogP contribution in [-0.4, -0.2) is 7.11 Å². The fraction of sp³-hybridized carbons (Fsp3) is 0.400. The number of hydrogen-bond acceptors (Lipinski definition) is 3. The molecule has 13 heavy (non-hydrogen) atoms. The summed E-state index contributed by atoms with van der Waals surface area (Å²) >= 11 is 1.61. The van der Waals surface area contributed by atoms with Crippen LogP contribution in [0.25, 0.3) is 0 Å². The van der Waals surface area contributed by atoms with Gasteiger partial charge in [0.25, 0.3) is 0 Å². The molecule has 3 heteroatoms. The Hall–Kier alpha value is -0.980. The maximum atomic E-state index is 5.94.